The minimum Gasteiger partial charge on any atom is -0.493 e. The monoisotopic (exact) mass is 595 g/mol. The Morgan fingerprint density at radius 3 is 2.59 bits per heavy atom. The summed E-state index contributed by atoms with van der Waals surface area (Å²) in [7, 11) is 3.21. The van der Waals surface area contributed by atoms with Crippen LogP contribution in [0.3, 0.4) is 0 Å². The van der Waals surface area contributed by atoms with Crippen LogP contribution in [0, 0.1) is 0 Å². The van der Waals surface area contributed by atoms with Crippen LogP contribution in [0.4, 0.5) is 4.79 Å². The lowest BCUT2D eigenvalue weighted by molar-refractivity contribution is 0.0601. The lowest BCUT2D eigenvalue weighted by Gasteiger charge is -2.39. The number of fused-ring (bicyclic) bond motifs is 1. The van der Waals surface area contributed by atoms with Gasteiger partial charge in [-0.25, -0.2) is 9.78 Å². The third kappa shape index (κ3) is 6.15. The molecule has 2 amide bonds. The Morgan fingerprint density at radius 2 is 1.77 bits per heavy atom. The van der Waals surface area contributed by atoms with Gasteiger partial charge in [-0.2, -0.15) is 0 Å². The van der Waals surface area contributed by atoms with Gasteiger partial charge in [-0.05, 0) is 35.7 Å². The SMILES string of the molecule is COC(=O)N(C)[C@H]1CCCCC1n1cnc(C(=O)N2CCNC[C@H]2CCOc2ccc3ccccc3c2)c1-c1ccccc1. The molecule has 1 N–H and O–H groups in total. The molecule has 1 aliphatic heterocycles. The lowest BCUT2D eigenvalue weighted by atomic mass is 9.88. The number of methoxy groups -OCH3 is 1. The van der Waals surface area contributed by atoms with E-state index in [1.807, 2.05) is 53.4 Å². The third-order valence-corrected chi connectivity index (χ3v) is 9.11. The van der Waals surface area contributed by atoms with Gasteiger partial charge in [0.15, 0.2) is 5.69 Å². The van der Waals surface area contributed by atoms with Gasteiger partial charge in [0.05, 0.1) is 37.8 Å². The zero-order valence-corrected chi connectivity index (χ0v) is 25.5. The van der Waals surface area contributed by atoms with Crippen LogP contribution in [0.2, 0.25) is 0 Å². The summed E-state index contributed by atoms with van der Waals surface area (Å²) in [6.07, 6.45) is 5.97. The number of likely N-dealkylation sites (N-methyl/N-ethyl adjacent to an activating group) is 1. The highest BCUT2D eigenvalue weighted by Gasteiger charge is 2.37. The van der Waals surface area contributed by atoms with Gasteiger partial charge in [-0.3, -0.25) is 4.79 Å². The molecule has 2 fully saturated rings. The summed E-state index contributed by atoms with van der Waals surface area (Å²) in [6, 6.07) is 24.3. The first kappa shape index (κ1) is 29.7. The molecule has 3 aromatic carbocycles. The van der Waals surface area contributed by atoms with E-state index < -0.39 is 0 Å². The van der Waals surface area contributed by atoms with E-state index in [-0.39, 0.29) is 30.1 Å². The fourth-order valence-corrected chi connectivity index (χ4v) is 6.79. The summed E-state index contributed by atoms with van der Waals surface area (Å²) in [5, 5.41) is 5.78. The van der Waals surface area contributed by atoms with E-state index in [4.69, 9.17) is 14.5 Å². The average molecular weight is 596 g/mol. The largest absolute Gasteiger partial charge is 0.493 e. The van der Waals surface area contributed by atoms with Crippen LogP contribution >= 0.6 is 0 Å². The Bertz CT molecular complexity index is 1590. The van der Waals surface area contributed by atoms with Gasteiger partial charge in [-0.1, -0.05) is 73.5 Å². The second-order valence-electron chi connectivity index (χ2n) is 11.7. The summed E-state index contributed by atoms with van der Waals surface area (Å²) in [6.45, 7) is 2.52. The van der Waals surface area contributed by atoms with E-state index in [2.05, 4.69) is 34.1 Å². The van der Waals surface area contributed by atoms with Crippen molar-refractivity contribution in [2.75, 3.05) is 40.4 Å². The highest BCUT2D eigenvalue weighted by atomic mass is 16.5. The zero-order chi connectivity index (χ0) is 30.5. The normalized spacial score (nSPS) is 20.3. The number of benzene rings is 3. The number of carbonyl (C=O) groups excluding carboxylic acids is 2. The Balaban J connectivity index is 1.25. The number of nitrogens with zero attached hydrogens (tertiary/aromatic N) is 4. The second-order valence-corrected chi connectivity index (χ2v) is 11.7. The number of aromatic nitrogens is 2. The quantitative estimate of drug-likeness (QED) is 0.278. The predicted molar refractivity (Wildman–Crippen MR) is 171 cm³/mol. The summed E-state index contributed by atoms with van der Waals surface area (Å²) < 4.78 is 13.4. The van der Waals surface area contributed by atoms with Gasteiger partial charge in [0, 0.05) is 44.7 Å². The molecule has 4 aromatic rings. The van der Waals surface area contributed by atoms with Crippen molar-refractivity contribution in [3.8, 4) is 17.0 Å². The molecule has 1 unspecified atom stereocenters. The van der Waals surface area contributed by atoms with Crippen LogP contribution in [-0.2, 0) is 4.74 Å². The number of piperazine rings is 1. The van der Waals surface area contributed by atoms with Crippen molar-refractivity contribution >= 4 is 22.8 Å². The molecule has 6 rings (SSSR count). The van der Waals surface area contributed by atoms with E-state index in [9.17, 15) is 9.59 Å². The maximum Gasteiger partial charge on any atom is 0.409 e. The number of ether oxygens (including phenoxy) is 2. The van der Waals surface area contributed by atoms with Gasteiger partial charge in [0.2, 0.25) is 0 Å². The van der Waals surface area contributed by atoms with Gasteiger partial charge in [0.25, 0.3) is 5.91 Å². The minimum absolute atomic E-state index is 0.0220. The molecule has 0 bridgehead atoms. The van der Waals surface area contributed by atoms with Crippen molar-refractivity contribution in [2.45, 2.75) is 50.2 Å². The molecule has 230 valence electrons. The van der Waals surface area contributed by atoms with Crippen molar-refractivity contribution in [1.82, 2.24) is 24.7 Å². The van der Waals surface area contributed by atoms with Crippen molar-refractivity contribution < 1.29 is 19.1 Å². The smallest absolute Gasteiger partial charge is 0.409 e. The third-order valence-electron chi connectivity index (χ3n) is 9.11. The molecule has 1 saturated carbocycles. The molecule has 0 radical (unpaired) electrons. The van der Waals surface area contributed by atoms with Crippen molar-refractivity contribution in [3.63, 3.8) is 0 Å². The van der Waals surface area contributed by atoms with Crippen LogP contribution in [0.5, 0.6) is 5.75 Å². The van der Waals surface area contributed by atoms with Crippen molar-refractivity contribution in [1.29, 1.82) is 0 Å². The fraction of sp³-hybridized carbons (Fsp3) is 0.400. The first-order chi connectivity index (χ1) is 21.5. The molecule has 1 aliphatic carbocycles. The van der Waals surface area contributed by atoms with E-state index in [0.29, 0.717) is 31.8 Å². The molecule has 9 nitrogen and oxygen atoms in total. The molecule has 1 saturated heterocycles. The first-order valence-electron chi connectivity index (χ1n) is 15.6. The molecule has 3 atom stereocenters. The highest BCUT2D eigenvalue weighted by Crippen LogP contribution is 2.37. The van der Waals surface area contributed by atoms with E-state index in [1.54, 1.807) is 18.3 Å². The van der Waals surface area contributed by atoms with Crippen molar-refractivity contribution in [3.05, 3.63) is 84.8 Å². The number of hydrogen-bond donors (Lipinski definition) is 1. The lowest BCUT2D eigenvalue weighted by Crippen LogP contribution is -2.54. The van der Waals surface area contributed by atoms with Gasteiger partial charge in [0.1, 0.15) is 5.75 Å². The van der Waals surface area contributed by atoms with Crippen molar-refractivity contribution in [2.24, 2.45) is 0 Å². The van der Waals surface area contributed by atoms with E-state index in [0.717, 1.165) is 54.6 Å². The molecule has 2 aliphatic rings. The Hall–Kier alpha value is -4.37. The van der Waals surface area contributed by atoms with Crippen LogP contribution in [0.1, 0.15) is 48.6 Å². The molecule has 1 aromatic heterocycles. The number of imidazole rings is 1. The van der Waals surface area contributed by atoms with E-state index in [1.165, 1.54) is 12.5 Å². The van der Waals surface area contributed by atoms with Gasteiger partial charge >= 0.3 is 6.09 Å². The molecule has 44 heavy (non-hydrogen) atoms. The Kier molecular flexibility index (Phi) is 9.12. The Labute approximate surface area is 258 Å². The number of amides is 2. The topological polar surface area (TPSA) is 88.9 Å². The average Bonchev–Trinajstić information content (AvgIpc) is 3.53. The molecule has 0 spiro atoms. The number of rotatable bonds is 8. The number of nitrogens with one attached hydrogen (secondary N) is 1. The fourth-order valence-electron chi connectivity index (χ4n) is 6.79. The van der Waals surface area contributed by atoms with Crippen LogP contribution in [0.15, 0.2) is 79.1 Å². The van der Waals surface area contributed by atoms with Gasteiger partial charge in [-0.15, -0.1) is 0 Å². The first-order valence-corrected chi connectivity index (χ1v) is 15.6. The molecule has 2 heterocycles. The standard InChI is InChI=1S/C35H41N5O4/c1-38(35(42)43-2)30-14-8-9-15-31(30)40-24-37-32(33(40)26-11-4-3-5-12-26)34(41)39-20-19-36-23-28(39)18-21-44-29-17-16-25-10-6-7-13-27(25)22-29/h3-7,10-13,16-17,22,24,28,30-31,36H,8-9,14-15,18-21,23H2,1-2H3/t28-,30+,31?/m1/s1. The summed E-state index contributed by atoms with van der Waals surface area (Å²) in [5.74, 6) is 0.753. The maximum absolute atomic E-state index is 14.3. The summed E-state index contributed by atoms with van der Waals surface area (Å²) >= 11 is 0. The van der Waals surface area contributed by atoms with Crippen LogP contribution < -0.4 is 10.1 Å². The molecular formula is C35H41N5O4. The van der Waals surface area contributed by atoms with E-state index >= 15 is 0 Å². The molecular weight excluding hydrogens is 554 g/mol. The number of carbonyl (C=O) groups is 2. The molecule has 9 heteroatoms. The highest BCUT2D eigenvalue weighted by molar-refractivity contribution is 5.98. The summed E-state index contributed by atoms with van der Waals surface area (Å²) in [4.78, 5) is 35.3. The summed E-state index contributed by atoms with van der Waals surface area (Å²) in [5.41, 5.74) is 2.18. The minimum atomic E-state index is -0.353. The maximum atomic E-state index is 14.3. The van der Waals surface area contributed by atoms with Crippen LogP contribution in [0.25, 0.3) is 22.0 Å². The number of hydrogen-bond acceptors (Lipinski definition) is 6. The van der Waals surface area contributed by atoms with Gasteiger partial charge < -0.3 is 29.2 Å². The second kappa shape index (κ2) is 13.5. The zero-order valence-electron chi connectivity index (χ0n) is 25.5. The van der Waals surface area contributed by atoms with Crippen LogP contribution in [-0.4, -0.2) is 83.8 Å². The Morgan fingerprint density at radius 1 is 1.00 bits per heavy atom. The predicted octanol–water partition coefficient (Wildman–Crippen LogP) is 5.77.